The highest BCUT2D eigenvalue weighted by Crippen LogP contribution is 2.47. The van der Waals surface area contributed by atoms with Crippen molar-refractivity contribution in [2.45, 2.75) is 76.7 Å². The molecule has 1 aliphatic heterocycles. The predicted octanol–water partition coefficient (Wildman–Crippen LogP) is 6.65. The van der Waals surface area contributed by atoms with E-state index in [2.05, 4.69) is 15.5 Å². The van der Waals surface area contributed by atoms with E-state index in [9.17, 15) is 18.4 Å². The first kappa shape index (κ1) is 34.4. The molecule has 14 heteroatoms. The Balaban J connectivity index is 1.84. The van der Waals surface area contributed by atoms with Crippen LogP contribution in [-0.4, -0.2) is 52.5 Å². The first-order valence-corrected chi connectivity index (χ1v) is 15.0. The number of para-hydroxylation sites is 1. The molecule has 45 heavy (non-hydrogen) atoms. The fourth-order valence-electron chi connectivity index (χ4n) is 5.14. The van der Waals surface area contributed by atoms with E-state index in [1.165, 1.54) is 26.4 Å². The standard InChI is InChI=1S/C31H36Cl2F2N4O6/c1-16(2)13-20(28(41)45-30(3,4)5)36-24(40)15-23-27-37-38-29(31(33,34)35)39(27)21-12-11-17(32)14-19(21)25(44-23)18-9-8-10-22(42-6)26(18)43-7/h8-12,14,16,20,23,25H,13,15H2,1-7H3,(H,36,40)/t20-,23-,25-/m0/s1. The Morgan fingerprint density at radius 1 is 1.09 bits per heavy atom. The molecular formula is C31H36Cl2F2N4O6. The average Bonchev–Trinajstić information content (AvgIpc) is 3.34. The number of halogens is 4. The van der Waals surface area contributed by atoms with Crippen molar-refractivity contribution in [1.82, 2.24) is 20.1 Å². The predicted molar refractivity (Wildman–Crippen MR) is 163 cm³/mol. The Labute approximate surface area is 270 Å². The number of esters is 1. The quantitative estimate of drug-likeness (QED) is 0.189. The summed E-state index contributed by atoms with van der Waals surface area (Å²) in [4.78, 5) is 26.6. The van der Waals surface area contributed by atoms with Crippen LogP contribution < -0.4 is 14.8 Å². The summed E-state index contributed by atoms with van der Waals surface area (Å²) in [6, 6.07) is 8.76. The summed E-state index contributed by atoms with van der Waals surface area (Å²) in [5, 5.41) is 6.81. The van der Waals surface area contributed by atoms with Crippen molar-refractivity contribution in [3.63, 3.8) is 0 Å². The molecule has 0 aliphatic carbocycles. The van der Waals surface area contributed by atoms with Gasteiger partial charge in [-0.3, -0.25) is 9.36 Å². The number of fused-ring (bicyclic) bond motifs is 3. The molecule has 1 aromatic heterocycles. The fraction of sp³-hybridized carbons (Fsp3) is 0.484. The minimum absolute atomic E-state index is 0.0395. The molecule has 1 amide bonds. The maximum atomic E-state index is 14.7. The Hall–Kier alpha value is -3.48. The molecule has 1 N–H and O–H groups in total. The van der Waals surface area contributed by atoms with Crippen molar-refractivity contribution in [1.29, 1.82) is 0 Å². The Bertz CT molecular complexity index is 1550. The van der Waals surface area contributed by atoms with Crippen molar-refractivity contribution in [2.75, 3.05) is 14.2 Å². The molecule has 2 heterocycles. The molecule has 0 saturated carbocycles. The molecule has 4 rings (SSSR count). The van der Waals surface area contributed by atoms with E-state index in [1.54, 1.807) is 45.0 Å². The summed E-state index contributed by atoms with van der Waals surface area (Å²) in [5.74, 6) is -1.43. The first-order chi connectivity index (χ1) is 21.0. The second-order valence-electron chi connectivity index (χ2n) is 12.0. The van der Waals surface area contributed by atoms with Crippen LogP contribution in [0.5, 0.6) is 11.5 Å². The highest BCUT2D eigenvalue weighted by Gasteiger charge is 2.43. The van der Waals surface area contributed by atoms with Gasteiger partial charge in [0.1, 0.15) is 23.9 Å². The monoisotopic (exact) mass is 668 g/mol. The zero-order valence-corrected chi connectivity index (χ0v) is 27.5. The molecule has 0 spiro atoms. The van der Waals surface area contributed by atoms with Gasteiger partial charge in [-0.2, -0.15) is 8.78 Å². The van der Waals surface area contributed by atoms with E-state index in [1.807, 2.05) is 13.8 Å². The maximum absolute atomic E-state index is 14.7. The van der Waals surface area contributed by atoms with Crippen LogP contribution in [0.15, 0.2) is 36.4 Å². The lowest BCUT2D eigenvalue weighted by Gasteiger charge is -2.27. The number of benzene rings is 2. The number of alkyl halides is 3. The molecule has 0 radical (unpaired) electrons. The molecule has 0 saturated heterocycles. The van der Waals surface area contributed by atoms with Crippen LogP contribution in [0.2, 0.25) is 5.02 Å². The second-order valence-corrected chi connectivity index (χ2v) is 12.9. The van der Waals surface area contributed by atoms with Crippen molar-refractivity contribution in [3.8, 4) is 17.2 Å². The van der Waals surface area contributed by atoms with Crippen molar-refractivity contribution in [3.05, 3.63) is 64.2 Å². The number of nitrogens with one attached hydrogen (secondary N) is 1. The maximum Gasteiger partial charge on any atom is 0.382 e. The van der Waals surface area contributed by atoms with Crippen LogP contribution in [0.25, 0.3) is 5.69 Å². The van der Waals surface area contributed by atoms with Gasteiger partial charge in [0.2, 0.25) is 11.7 Å². The summed E-state index contributed by atoms with van der Waals surface area (Å²) >= 11 is 11.9. The average molecular weight is 670 g/mol. The van der Waals surface area contributed by atoms with Gasteiger partial charge in [0.15, 0.2) is 17.3 Å². The van der Waals surface area contributed by atoms with Gasteiger partial charge in [-0.15, -0.1) is 10.2 Å². The van der Waals surface area contributed by atoms with Crippen LogP contribution in [0.3, 0.4) is 0 Å². The zero-order valence-electron chi connectivity index (χ0n) is 26.0. The van der Waals surface area contributed by atoms with Crippen LogP contribution in [0, 0.1) is 5.92 Å². The Morgan fingerprint density at radius 3 is 2.40 bits per heavy atom. The molecule has 244 valence electrons. The summed E-state index contributed by atoms with van der Waals surface area (Å²) in [5.41, 5.74) is 0.248. The minimum Gasteiger partial charge on any atom is -0.493 e. The third-order valence-corrected chi connectivity index (χ3v) is 7.27. The summed E-state index contributed by atoms with van der Waals surface area (Å²) in [6.45, 7) is 9.00. The Kier molecular flexibility index (Phi) is 10.3. The topological polar surface area (TPSA) is 114 Å². The van der Waals surface area contributed by atoms with Gasteiger partial charge in [-0.1, -0.05) is 37.6 Å². The van der Waals surface area contributed by atoms with Crippen molar-refractivity contribution in [2.24, 2.45) is 5.92 Å². The fourth-order valence-corrected chi connectivity index (χ4v) is 5.44. The number of amides is 1. The third-order valence-electron chi connectivity index (χ3n) is 6.86. The van der Waals surface area contributed by atoms with Gasteiger partial charge in [0.05, 0.1) is 26.3 Å². The molecule has 3 aromatic rings. The molecule has 0 unspecified atom stereocenters. The van der Waals surface area contributed by atoms with Gasteiger partial charge in [0, 0.05) is 16.1 Å². The first-order valence-electron chi connectivity index (χ1n) is 14.2. The van der Waals surface area contributed by atoms with Gasteiger partial charge in [-0.05, 0) is 69.0 Å². The molecule has 10 nitrogen and oxygen atoms in total. The lowest BCUT2D eigenvalue weighted by atomic mass is 9.98. The highest BCUT2D eigenvalue weighted by atomic mass is 35.5. The SMILES string of the molecule is COc1cccc([C@@H]2O[C@@H](CC(=O)N[C@@H](CC(C)C)C(=O)OC(C)(C)C)c3nnc(C(F)(F)Cl)n3-c3ccc(Cl)cc32)c1OC. The lowest BCUT2D eigenvalue weighted by molar-refractivity contribution is -0.159. The Morgan fingerprint density at radius 2 is 1.80 bits per heavy atom. The van der Waals surface area contributed by atoms with Crippen LogP contribution in [-0.2, 0) is 24.4 Å². The van der Waals surface area contributed by atoms with E-state index in [-0.39, 0.29) is 17.4 Å². The van der Waals surface area contributed by atoms with Gasteiger partial charge in [0.25, 0.3) is 0 Å². The molecule has 2 aromatic carbocycles. The lowest BCUT2D eigenvalue weighted by Crippen LogP contribution is -2.45. The number of nitrogens with zero attached hydrogens (tertiary/aromatic N) is 3. The number of rotatable bonds is 10. The van der Waals surface area contributed by atoms with E-state index < -0.39 is 53.4 Å². The zero-order chi connectivity index (χ0) is 33.3. The second kappa shape index (κ2) is 13.5. The van der Waals surface area contributed by atoms with E-state index in [4.69, 9.17) is 42.1 Å². The molecule has 1 aliphatic rings. The highest BCUT2D eigenvalue weighted by molar-refractivity contribution is 6.30. The van der Waals surface area contributed by atoms with Crippen molar-refractivity contribution < 1.29 is 37.3 Å². The summed E-state index contributed by atoms with van der Waals surface area (Å²) in [6.07, 6.45) is -2.39. The van der Waals surface area contributed by atoms with E-state index in [0.29, 0.717) is 34.1 Å². The van der Waals surface area contributed by atoms with Crippen LogP contribution in [0.4, 0.5) is 8.78 Å². The third kappa shape index (κ3) is 7.85. The smallest absolute Gasteiger partial charge is 0.382 e. The molecule has 0 bridgehead atoms. The number of hydrogen-bond donors (Lipinski definition) is 1. The van der Waals surface area contributed by atoms with Crippen molar-refractivity contribution >= 4 is 35.1 Å². The van der Waals surface area contributed by atoms with E-state index in [0.717, 1.165) is 4.57 Å². The summed E-state index contributed by atoms with van der Waals surface area (Å²) < 4.78 is 53.8. The number of carbonyl (C=O) groups excluding carboxylic acids is 2. The molecular weight excluding hydrogens is 633 g/mol. The number of aromatic nitrogens is 3. The summed E-state index contributed by atoms with van der Waals surface area (Å²) in [7, 11) is 2.93. The number of hydrogen-bond acceptors (Lipinski definition) is 8. The number of ether oxygens (including phenoxy) is 4. The number of carbonyl (C=O) groups is 2. The van der Waals surface area contributed by atoms with Gasteiger partial charge < -0.3 is 24.3 Å². The molecule has 3 atom stereocenters. The van der Waals surface area contributed by atoms with E-state index >= 15 is 0 Å². The molecule has 0 fully saturated rings. The minimum atomic E-state index is -3.93. The van der Waals surface area contributed by atoms with Crippen LogP contribution in [0.1, 0.15) is 82.4 Å². The normalized spacial score (nSPS) is 17.2. The van der Waals surface area contributed by atoms with Crippen LogP contribution >= 0.6 is 23.2 Å². The van der Waals surface area contributed by atoms with Gasteiger partial charge in [-0.25, -0.2) is 4.79 Å². The van der Waals surface area contributed by atoms with Gasteiger partial charge >= 0.3 is 11.4 Å². The largest absolute Gasteiger partial charge is 0.493 e. The number of methoxy groups -OCH3 is 2.